The van der Waals surface area contributed by atoms with Gasteiger partial charge in [-0.1, -0.05) is 13.8 Å². The molecule has 0 aromatic rings. The molecule has 0 aromatic carbocycles. The number of aliphatic hydroxyl groups is 6. The molecule has 9 aliphatic rings. The van der Waals surface area contributed by atoms with Crippen molar-refractivity contribution in [2.24, 2.45) is 107 Å². The van der Waals surface area contributed by atoms with Crippen molar-refractivity contribution >= 4 is 11.8 Å². The van der Waals surface area contributed by atoms with E-state index in [-0.39, 0.29) is 66.2 Å². The molecule has 2 amide bonds. The van der Waals surface area contributed by atoms with Crippen molar-refractivity contribution in [2.45, 2.75) is 166 Å². The highest BCUT2D eigenvalue weighted by Gasteiger charge is 2.67. The molecule has 9 rings (SSSR count). The summed E-state index contributed by atoms with van der Waals surface area (Å²) < 4.78 is 0. The van der Waals surface area contributed by atoms with Crippen LogP contribution in [0.15, 0.2) is 0 Å². The Labute approximate surface area is 347 Å². The topological polar surface area (TPSA) is 180 Å². The molecule has 8 N–H and O–H groups in total. The van der Waals surface area contributed by atoms with Crippen molar-refractivity contribution < 1.29 is 40.2 Å². The second-order valence-electron chi connectivity index (χ2n) is 22.3. The Morgan fingerprint density at radius 1 is 0.448 bits per heavy atom. The predicted molar refractivity (Wildman–Crippen MR) is 219 cm³/mol. The number of rotatable bonds is 11. The summed E-state index contributed by atoms with van der Waals surface area (Å²) in [5.41, 5.74) is 0. The zero-order chi connectivity index (χ0) is 40.6. The Balaban J connectivity index is 0.678. The average Bonchev–Trinajstić information content (AvgIpc) is 3.79. The molecule has 0 aliphatic heterocycles. The molecule has 10 nitrogen and oxygen atoms in total. The summed E-state index contributed by atoms with van der Waals surface area (Å²) in [4.78, 5) is 25.8. The van der Waals surface area contributed by atoms with Gasteiger partial charge in [-0.3, -0.25) is 9.59 Å². The van der Waals surface area contributed by atoms with Gasteiger partial charge in [0.2, 0.25) is 11.8 Å². The summed E-state index contributed by atoms with van der Waals surface area (Å²) in [6.07, 6.45) is 13.6. The average molecular weight is 811 g/mol. The van der Waals surface area contributed by atoms with Gasteiger partial charge in [0.15, 0.2) is 0 Å². The second-order valence-corrected chi connectivity index (χ2v) is 22.3. The number of aliphatic hydroxyl groups excluding tert-OH is 6. The van der Waals surface area contributed by atoms with Crippen molar-refractivity contribution in [3.05, 3.63) is 0 Å². The first-order chi connectivity index (χ1) is 27.9. The van der Waals surface area contributed by atoms with Crippen molar-refractivity contribution in [1.29, 1.82) is 0 Å². The quantitative estimate of drug-likeness (QED) is 0.139. The fourth-order valence-corrected chi connectivity index (χ4v) is 17.7. The third kappa shape index (κ3) is 7.64. The molecule has 0 radical (unpaired) electrons. The minimum Gasteiger partial charge on any atom is -0.393 e. The monoisotopic (exact) mass is 811 g/mol. The van der Waals surface area contributed by atoms with E-state index in [2.05, 4.69) is 24.5 Å². The zero-order valence-electron chi connectivity index (χ0n) is 35.5. The maximum absolute atomic E-state index is 12.9. The number of carbonyl (C=O) groups excluding carboxylic acids is 2. The Morgan fingerprint density at radius 2 is 0.879 bits per heavy atom. The largest absolute Gasteiger partial charge is 0.393 e. The van der Waals surface area contributed by atoms with Crippen molar-refractivity contribution in [3.8, 4) is 0 Å². The molecule has 24 atom stereocenters. The molecule has 0 spiro atoms. The summed E-state index contributed by atoms with van der Waals surface area (Å²) in [6, 6.07) is 0. The lowest BCUT2D eigenvalue weighted by atomic mass is 9.41. The molecule has 9 saturated carbocycles. The molecule has 328 valence electrons. The van der Waals surface area contributed by atoms with Crippen molar-refractivity contribution in [1.82, 2.24) is 10.6 Å². The minimum atomic E-state index is -0.355. The van der Waals surface area contributed by atoms with Gasteiger partial charge in [0, 0.05) is 25.9 Å². The highest BCUT2D eigenvalue weighted by Crippen LogP contribution is 2.69. The molecule has 58 heavy (non-hydrogen) atoms. The van der Waals surface area contributed by atoms with Crippen LogP contribution < -0.4 is 10.6 Å². The normalized spacial score (nSPS) is 51.2. The summed E-state index contributed by atoms with van der Waals surface area (Å²) in [5.74, 6) is 7.01. The summed E-state index contributed by atoms with van der Waals surface area (Å²) in [6.45, 7) is 5.34. The summed E-state index contributed by atoms with van der Waals surface area (Å²) >= 11 is 0. The smallest absolute Gasteiger partial charge is 0.220 e. The highest BCUT2D eigenvalue weighted by molar-refractivity contribution is 5.77. The third-order valence-electron chi connectivity index (χ3n) is 19.9. The van der Waals surface area contributed by atoms with E-state index in [1.54, 1.807) is 0 Å². The van der Waals surface area contributed by atoms with E-state index in [4.69, 9.17) is 0 Å². The van der Waals surface area contributed by atoms with Gasteiger partial charge in [-0.05, 0) is 209 Å². The van der Waals surface area contributed by atoms with Crippen LogP contribution in [0.3, 0.4) is 0 Å². The molecule has 0 bridgehead atoms. The Morgan fingerprint density at radius 3 is 1.43 bits per heavy atom. The van der Waals surface area contributed by atoms with Gasteiger partial charge in [-0.2, -0.15) is 0 Å². The number of nitrogens with one attached hydrogen (secondary N) is 2. The minimum absolute atomic E-state index is 0.00525. The first-order valence-electron chi connectivity index (χ1n) is 24.5. The lowest BCUT2D eigenvalue weighted by Gasteiger charge is -2.65. The zero-order valence-corrected chi connectivity index (χ0v) is 35.5. The van der Waals surface area contributed by atoms with Crippen LogP contribution in [-0.4, -0.2) is 92.2 Å². The van der Waals surface area contributed by atoms with Gasteiger partial charge in [0.25, 0.3) is 0 Å². The van der Waals surface area contributed by atoms with Crippen LogP contribution >= 0.6 is 0 Å². The standard InChI is InChI=1S/C48H78N2O8/c1-23(29-9-11-33-43(29)39(55)21-35-31-7-5-27(51)17-25(31)19-37(53)44(33)35)3-13-41(57)49-15-16-50-42(58)14-4-24(2)30-10-12-34-45(30)48-40(56)22-36-32-8-6-28(52)18-26(32)20-38(54)46(36)47(34)48/h23-40,43-48,51-56H,3-22H2,1-2H3,(H,49,57)(H,50,58)/t23-,24+,25?,26?,27-,28-,29-,30-,31?,32?,33?,34?,35?,36?,37-,38-,39-,40-,43?,44?,45?,46?,47?,48?/m1/s1. The molecule has 9 aliphatic carbocycles. The van der Waals surface area contributed by atoms with E-state index in [1.165, 1.54) is 6.42 Å². The van der Waals surface area contributed by atoms with Gasteiger partial charge >= 0.3 is 0 Å². The van der Waals surface area contributed by atoms with E-state index >= 15 is 0 Å². The fraction of sp³-hybridized carbons (Fsp3) is 0.958. The second kappa shape index (κ2) is 17.1. The molecule has 14 unspecified atom stereocenters. The van der Waals surface area contributed by atoms with Crippen LogP contribution in [0.1, 0.15) is 129 Å². The van der Waals surface area contributed by atoms with Gasteiger partial charge < -0.3 is 41.3 Å². The van der Waals surface area contributed by atoms with Crippen LogP contribution in [-0.2, 0) is 9.59 Å². The molecule has 9 fully saturated rings. The first kappa shape index (κ1) is 42.0. The van der Waals surface area contributed by atoms with E-state index in [0.29, 0.717) is 115 Å². The van der Waals surface area contributed by atoms with E-state index in [9.17, 15) is 40.2 Å². The molecule has 10 heteroatoms. The third-order valence-corrected chi connectivity index (χ3v) is 19.9. The SMILES string of the molecule is C[C@H](CCC(=O)NCCNC(=O)CC[C@H](C)[C@H]1CCC2C3C4C(C[C@@H](O)C3C21)C1CC[C@@H](O)CC1C[C@H]4O)[C@H]1CCC2C3C(C[C@@H](O)C21)C1CC[C@@H](O)CC1C[C@H]3O. The van der Waals surface area contributed by atoms with E-state index in [1.807, 2.05) is 0 Å². The van der Waals surface area contributed by atoms with Crippen LogP contribution in [0, 0.1) is 107 Å². The van der Waals surface area contributed by atoms with Gasteiger partial charge in [-0.25, -0.2) is 0 Å². The van der Waals surface area contributed by atoms with Crippen LogP contribution in [0.5, 0.6) is 0 Å². The molecule has 0 aromatic heterocycles. The number of fused-ring (bicyclic) bond motifs is 13. The first-order valence-corrected chi connectivity index (χ1v) is 24.5. The number of amides is 2. The highest BCUT2D eigenvalue weighted by atomic mass is 16.3. The Hall–Kier alpha value is -1.30. The number of hydrogen-bond donors (Lipinski definition) is 8. The molecule has 0 saturated heterocycles. The number of hydrogen-bond acceptors (Lipinski definition) is 8. The van der Waals surface area contributed by atoms with Crippen molar-refractivity contribution in [2.75, 3.05) is 13.1 Å². The van der Waals surface area contributed by atoms with Crippen LogP contribution in [0.2, 0.25) is 0 Å². The van der Waals surface area contributed by atoms with Gasteiger partial charge in [0.1, 0.15) is 0 Å². The summed E-state index contributed by atoms with van der Waals surface area (Å²) in [5, 5.41) is 72.6. The maximum Gasteiger partial charge on any atom is 0.220 e. The van der Waals surface area contributed by atoms with Crippen LogP contribution in [0.4, 0.5) is 0 Å². The van der Waals surface area contributed by atoms with Gasteiger partial charge in [-0.15, -0.1) is 0 Å². The lowest BCUT2D eigenvalue weighted by Crippen LogP contribution is -2.65. The Bertz CT molecular complexity index is 1460. The Kier molecular flexibility index (Phi) is 12.4. The molecular weight excluding hydrogens is 733 g/mol. The predicted octanol–water partition coefficient (Wildman–Crippen LogP) is 4.66. The maximum atomic E-state index is 12.9. The summed E-state index contributed by atoms with van der Waals surface area (Å²) in [7, 11) is 0. The lowest BCUT2D eigenvalue weighted by molar-refractivity contribution is -0.224. The number of carbonyl (C=O) groups is 2. The fourth-order valence-electron chi connectivity index (χ4n) is 17.7. The molecule has 0 heterocycles. The van der Waals surface area contributed by atoms with Gasteiger partial charge in [0.05, 0.1) is 36.6 Å². The van der Waals surface area contributed by atoms with Crippen molar-refractivity contribution in [3.63, 3.8) is 0 Å². The van der Waals surface area contributed by atoms with Crippen LogP contribution in [0.25, 0.3) is 0 Å². The van der Waals surface area contributed by atoms with E-state index in [0.717, 1.165) is 96.3 Å². The van der Waals surface area contributed by atoms with E-state index < -0.39 is 0 Å². The molecular formula is C48H78N2O8.